The number of halogens is 1. The van der Waals surface area contributed by atoms with Crippen molar-refractivity contribution in [1.82, 2.24) is 9.78 Å². The zero-order valence-electron chi connectivity index (χ0n) is 6.76. The molecule has 0 amide bonds. The van der Waals surface area contributed by atoms with E-state index in [1.807, 2.05) is 14.0 Å². The van der Waals surface area contributed by atoms with E-state index in [0.717, 1.165) is 17.7 Å². The first-order valence-electron chi connectivity index (χ1n) is 3.55. The van der Waals surface area contributed by atoms with Gasteiger partial charge in [0.15, 0.2) is 0 Å². The first kappa shape index (κ1) is 8.56. The van der Waals surface area contributed by atoms with Crippen molar-refractivity contribution in [2.24, 2.45) is 12.8 Å². The van der Waals surface area contributed by atoms with Gasteiger partial charge in [0, 0.05) is 12.6 Å². The molecule has 1 heterocycles. The molecule has 0 radical (unpaired) electrons. The Morgan fingerprint density at radius 1 is 1.64 bits per heavy atom. The van der Waals surface area contributed by atoms with Crippen LogP contribution in [0.2, 0.25) is 5.15 Å². The van der Waals surface area contributed by atoms with E-state index in [2.05, 4.69) is 5.10 Å². The van der Waals surface area contributed by atoms with Crippen LogP contribution in [0.5, 0.6) is 0 Å². The molecule has 1 aromatic heterocycles. The third-order valence-corrected chi connectivity index (χ3v) is 2.14. The summed E-state index contributed by atoms with van der Waals surface area (Å²) >= 11 is 5.94. The van der Waals surface area contributed by atoms with Gasteiger partial charge in [0.05, 0.1) is 5.69 Å². The van der Waals surface area contributed by atoms with Crippen LogP contribution in [0.25, 0.3) is 0 Å². The fourth-order valence-electron chi connectivity index (χ4n) is 1.10. The minimum absolute atomic E-state index is 0.617. The molecule has 0 aliphatic heterocycles. The lowest BCUT2D eigenvalue weighted by Gasteiger charge is -1.95. The van der Waals surface area contributed by atoms with Crippen LogP contribution in [-0.2, 0) is 13.5 Å². The van der Waals surface area contributed by atoms with Crippen molar-refractivity contribution in [3.8, 4) is 0 Å². The molecule has 0 saturated carbocycles. The minimum atomic E-state index is 0.617. The number of aromatic nitrogens is 2. The van der Waals surface area contributed by atoms with E-state index in [0.29, 0.717) is 11.7 Å². The van der Waals surface area contributed by atoms with E-state index in [-0.39, 0.29) is 0 Å². The van der Waals surface area contributed by atoms with E-state index in [4.69, 9.17) is 17.3 Å². The minimum Gasteiger partial charge on any atom is -0.330 e. The molecule has 3 nitrogen and oxygen atoms in total. The summed E-state index contributed by atoms with van der Waals surface area (Å²) in [5.74, 6) is 0. The molecule has 0 aliphatic rings. The second kappa shape index (κ2) is 3.24. The zero-order valence-corrected chi connectivity index (χ0v) is 7.52. The summed E-state index contributed by atoms with van der Waals surface area (Å²) in [7, 11) is 1.83. The van der Waals surface area contributed by atoms with Crippen molar-refractivity contribution in [1.29, 1.82) is 0 Å². The highest BCUT2D eigenvalue weighted by molar-refractivity contribution is 6.30. The fourth-order valence-corrected chi connectivity index (χ4v) is 1.37. The molecular weight excluding hydrogens is 162 g/mol. The molecule has 0 aromatic carbocycles. The summed E-state index contributed by atoms with van der Waals surface area (Å²) in [6.45, 7) is 2.56. The van der Waals surface area contributed by atoms with Crippen molar-refractivity contribution in [3.05, 3.63) is 16.4 Å². The second-order valence-electron chi connectivity index (χ2n) is 2.52. The largest absolute Gasteiger partial charge is 0.330 e. The number of hydrogen-bond acceptors (Lipinski definition) is 2. The highest BCUT2D eigenvalue weighted by Crippen LogP contribution is 2.18. The summed E-state index contributed by atoms with van der Waals surface area (Å²) in [5.41, 5.74) is 7.45. The Bertz CT molecular complexity index is 254. The highest BCUT2D eigenvalue weighted by Gasteiger charge is 2.08. The van der Waals surface area contributed by atoms with Crippen LogP contribution in [0.1, 0.15) is 11.3 Å². The van der Waals surface area contributed by atoms with Gasteiger partial charge in [-0.05, 0) is 19.9 Å². The third-order valence-electron chi connectivity index (χ3n) is 1.66. The zero-order chi connectivity index (χ0) is 8.43. The quantitative estimate of drug-likeness (QED) is 0.722. The van der Waals surface area contributed by atoms with E-state index < -0.39 is 0 Å². The van der Waals surface area contributed by atoms with E-state index in [1.54, 1.807) is 4.68 Å². The van der Waals surface area contributed by atoms with Crippen LogP contribution in [-0.4, -0.2) is 16.3 Å². The summed E-state index contributed by atoms with van der Waals surface area (Å²) in [5, 5.41) is 4.86. The standard InChI is InChI=1S/C7H12ClN3/c1-5-6(3-4-9)7(8)11(2)10-5/h3-4,9H2,1-2H3. The van der Waals surface area contributed by atoms with Crippen molar-refractivity contribution in [2.75, 3.05) is 6.54 Å². The molecular formula is C7H12ClN3. The topological polar surface area (TPSA) is 43.8 Å². The number of rotatable bonds is 2. The van der Waals surface area contributed by atoms with Crippen molar-refractivity contribution in [3.63, 3.8) is 0 Å². The molecule has 11 heavy (non-hydrogen) atoms. The number of aryl methyl sites for hydroxylation is 2. The first-order chi connectivity index (χ1) is 5.16. The third kappa shape index (κ3) is 1.54. The molecule has 0 bridgehead atoms. The Morgan fingerprint density at radius 3 is 2.64 bits per heavy atom. The molecule has 0 saturated heterocycles. The molecule has 1 rings (SSSR count). The average molecular weight is 174 g/mol. The number of nitrogens with zero attached hydrogens (tertiary/aromatic N) is 2. The number of nitrogens with two attached hydrogens (primary N) is 1. The molecule has 0 fully saturated rings. The summed E-state index contributed by atoms with van der Waals surface area (Å²) in [6.07, 6.45) is 0.804. The summed E-state index contributed by atoms with van der Waals surface area (Å²) < 4.78 is 1.67. The molecule has 1 aromatic rings. The van der Waals surface area contributed by atoms with Gasteiger partial charge >= 0.3 is 0 Å². The first-order valence-corrected chi connectivity index (χ1v) is 3.92. The maximum atomic E-state index is 5.94. The van der Waals surface area contributed by atoms with Gasteiger partial charge < -0.3 is 5.73 Å². The fraction of sp³-hybridized carbons (Fsp3) is 0.571. The molecule has 62 valence electrons. The van der Waals surface area contributed by atoms with Crippen LogP contribution < -0.4 is 5.73 Å². The highest BCUT2D eigenvalue weighted by atomic mass is 35.5. The normalized spacial score (nSPS) is 10.5. The van der Waals surface area contributed by atoms with Gasteiger partial charge in [0.2, 0.25) is 0 Å². The monoisotopic (exact) mass is 173 g/mol. The summed E-state index contributed by atoms with van der Waals surface area (Å²) in [6, 6.07) is 0. The van der Waals surface area contributed by atoms with Crippen LogP contribution >= 0.6 is 11.6 Å². The second-order valence-corrected chi connectivity index (χ2v) is 2.88. The Morgan fingerprint density at radius 2 is 2.27 bits per heavy atom. The molecule has 0 atom stereocenters. The van der Waals surface area contributed by atoms with Crippen LogP contribution in [0, 0.1) is 6.92 Å². The lowest BCUT2D eigenvalue weighted by molar-refractivity contribution is 0.757. The summed E-state index contributed by atoms with van der Waals surface area (Å²) in [4.78, 5) is 0. The van der Waals surface area contributed by atoms with Gasteiger partial charge in [0.1, 0.15) is 5.15 Å². The van der Waals surface area contributed by atoms with Gasteiger partial charge in [-0.25, -0.2) is 0 Å². The molecule has 2 N–H and O–H groups in total. The molecule has 0 unspecified atom stereocenters. The van der Waals surface area contributed by atoms with Crippen molar-refractivity contribution in [2.45, 2.75) is 13.3 Å². The smallest absolute Gasteiger partial charge is 0.130 e. The predicted molar refractivity (Wildman–Crippen MR) is 45.7 cm³/mol. The average Bonchev–Trinajstić information content (AvgIpc) is 2.17. The Hall–Kier alpha value is -0.540. The van der Waals surface area contributed by atoms with Gasteiger partial charge in [-0.15, -0.1) is 0 Å². The Kier molecular flexibility index (Phi) is 2.52. The maximum Gasteiger partial charge on any atom is 0.130 e. The van der Waals surface area contributed by atoms with Gasteiger partial charge in [-0.1, -0.05) is 11.6 Å². The van der Waals surface area contributed by atoms with Crippen LogP contribution in [0.4, 0.5) is 0 Å². The Labute approximate surface area is 71.1 Å². The lowest BCUT2D eigenvalue weighted by Crippen LogP contribution is -2.03. The lowest BCUT2D eigenvalue weighted by atomic mass is 10.2. The van der Waals surface area contributed by atoms with Gasteiger partial charge in [-0.2, -0.15) is 5.10 Å². The number of hydrogen-bond donors (Lipinski definition) is 1. The van der Waals surface area contributed by atoms with Crippen LogP contribution in [0.15, 0.2) is 0 Å². The van der Waals surface area contributed by atoms with Gasteiger partial charge in [-0.3, -0.25) is 4.68 Å². The van der Waals surface area contributed by atoms with E-state index in [9.17, 15) is 0 Å². The molecule has 0 spiro atoms. The van der Waals surface area contributed by atoms with Crippen molar-refractivity contribution >= 4 is 11.6 Å². The molecule has 0 aliphatic carbocycles. The van der Waals surface area contributed by atoms with Crippen LogP contribution in [0.3, 0.4) is 0 Å². The van der Waals surface area contributed by atoms with Gasteiger partial charge in [0.25, 0.3) is 0 Å². The maximum absolute atomic E-state index is 5.94. The van der Waals surface area contributed by atoms with E-state index >= 15 is 0 Å². The SMILES string of the molecule is Cc1nn(C)c(Cl)c1CCN. The predicted octanol–water partition coefficient (Wildman–Crippen LogP) is 0.883. The Balaban J connectivity index is 3.02. The van der Waals surface area contributed by atoms with E-state index in [1.165, 1.54) is 0 Å². The van der Waals surface area contributed by atoms with Crippen molar-refractivity contribution < 1.29 is 0 Å². The molecule has 4 heteroatoms.